The number of carbonyl (C=O) groups is 2. The Balaban J connectivity index is 2.26. The van der Waals surface area contributed by atoms with E-state index in [-0.39, 0.29) is 23.9 Å². The molecule has 0 saturated heterocycles. The molecule has 1 unspecified atom stereocenters. The van der Waals surface area contributed by atoms with Crippen LogP contribution in [0, 0.1) is 11.8 Å². The first kappa shape index (κ1) is 24.0. The molecule has 27 heavy (non-hydrogen) atoms. The monoisotopic (exact) mass is 382 g/mol. The van der Waals surface area contributed by atoms with E-state index in [1.807, 2.05) is 0 Å². The third kappa shape index (κ3) is 10.8. The molecule has 1 aliphatic carbocycles. The van der Waals surface area contributed by atoms with Gasteiger partial charge in [0.25, 0.3) is 0 Å². The fourth-order valence-electron chi connectivity index (χ4n) is 4.04. The van der Waals surface area contributed by atoms with Gasteiger partial charge in [0.15, 0.2) is 0 Å². The molecule has 0 bridgehead atoms. The van der Waals surface area contributed by atoms with Gasteiger partial charge in [-0.3, -0.25) is 9.59 Å². The van der Waals surface area contributed by atoms with Crippen molar-refractivity contribution in [2.75, 3.05) is 0 Å². The van der Waals surface area contributed by atoms with Gasteiger partial charge in [0, 0.05) is 0 Å². The lowest BCUT2D eigenvalue weighted by Gasteiger charge is -2.27. The van der Waals surface area contributed by atoms with Crippen LogP contribution in [0.3, 0.4) is 0 Å². The topological polar surface area (TPSA) is 63.6 Å². The summed E-state index contributed by atoms with van der Waals surface area (Å²) < 4.78 is 5.86. The number of hydrogen-bond donors (Lipinski definition) is 1. The van der Waals surface area contributed by atoms with Gasteiger partial charge in [-0.15, -0.1) is 0 Å². The maximum Gasteiger partial charge on any atom is 0.309 e. The second kappa shape index (κ2) is 14.9. The van der Waals surface area contributed by atoms with Gasteiger partial charge in [0.1, 0.15) is 6.10 Å². The number of carboxylic acids is 1. The first-order chi connectivity index (χ1) is 13.1. The Morgan fingerprint density at radius 2 is 1.26 bits per heavy atom. The average molecular weight is 383 g/mol. The van der Waals surface area contributed by atoms with Crippen molar-refractivity contribution in [3.8, 4) is 0 Å². The number of aliphatic carboxylic acids is 1. The summed E-state index contributed by atoms with van der Waals surface area (Å²) in [7, 11) is 0. The minimum Gasteiger partial charge on any atom is -0.481 e. The average Bonchev–Trinajstić information content (AvgIpc) is 2.67. The van der Waals surface area contributed by atoms with Gasteiger partial charge >= 0.3 is 11.9 Å². The van der Waals surface area contributed by atoms with Crippen molar-refractivity contribution in [1.82, 2.24) is 0 Å². The van der Waals surface area contributed by atoms with Crippen molar-refractivity contribution in [2.24, 2.45) is 11.8 Å². The van der Waals surface area contributed by atoms with Gasteiger partial charge < -0.3 is 9.84 Å². The number of carbonyl (C=O) groups excluding carboxylic acids is 1. The number of ether oxygens (including phenoxy) is 1. The second-order valence-electron chi connectivity index (χ2n) is 8.35. The summed E-state index contributed by atoms with van der Waals surface area (Å²) in [4.78, 5) is 23.6. The number of hydrogen-bond acceptors (Lipinski definition) is 3. The SMILES string of the molecule is CCCCCCCCCCC(CCCC)OC(=O)C1CCC(C(=O)O)CC1. The zero-order chi connectivity index (χ0) is 19.9. The fourth-order valence-corrected chi connectivity index (χ4v) is 4.04. The molecular weight excluding hydrogens is 340 g/mol. The molecule has 1 rings (SSSR count). The van der Waals surface area contributed by atoms with Crippen LogP contribution in [0.5, 0.6) is 0 Å². The van der Waals surface area contributed by atoms with Crippen molar-refractivity contribution >= 4 is 11.9 Å². The highest BCUT2D eigenvalue weighted by Crippen LogP contribution is 2.30. The summed E-state index contributed by atoms with van der Waals surface area (Å²) in [5.74, 6) is -1.18. The van der Waals surface area contributed by atoms with Crippen LogP contribution in [0.15, 0.2) is 0 Å². The molecule has 0 aromatic heterocycles. The van der Waals surface area contributed by atoms with Gasteiger partial charge in [0.2, 0.25) is 0 Å². The molecule has 0 spiro atoms. The van der Waals surface area contributed by atoms with E-state index >= 15 is 0 Å². The van der Waals surface area contributed by atoms with Crippen LogP contribution in [0.25, 0.3) is 0 Å². The van der Waals surface area contributed by atoms with E-state index in [9.17, 15) is 9.59 Å². The standard InChI is InChI=1S/C23H42O4/c1-3-5-7-8-9-10-11-12-14-21(13-6-4-2)27-23(26)20-17-15-19(16-18-20)22(24)25/h19-21H,3-18H2,1-2H3,(H,24,25). The molecule has 0 radical (unpaired) electrons. The Morgan fingerprint density at radius 3 is 1.81 bits per heavy atom. The van der Waals surface area contributed by atoms with Gasteiger partial charge in [0.05, 0.1) is 11.8 Å². The number of esters is 1. The molecule has 0 heterocycles. The molecule has 1 aliphatic rings. The van der Waals surface area contributed by atoms with Crippen LogP contribution in [-0.4, -0.2) is 23.1 Å². The molecule has 158 valence electrons. The third-order valence-electron chi connectivity index (χ3n) is 5.95. The van der Waals surface area contributed by atoms with E-state index in [0.29, 0.717) is 25.7 Å². The highest BCUT2D eigenvalue weighted by atomic mass is 16.5. The largest absolute Gasteiger partial charge is 0.481 e. The Labute approximate surface area is 166 Å². The highest BCUT2D eigenvalue weighted by Gasteiger charge is 2.31. The van der Waals surface area contributed by atoms with Gasteiger partial charge in [-0.25, -0.2) is 0 Å². The maximum atomic E-state index is 12.5. The summed E-state index contributed by atoms with van der Waals surface area (Å²) in [6.45, 7) is 4.41. The van der Waals surface area contributed by atoms with Crippen molar-refractivity contribution in [3.05, 3.63) is 0 Å². The lowest BCUT2D eigenvalue weighted by Crippen LogP contribution is -2.29. The summed E-state index contributed by atoms with van der Waals surface area (Å²) in [6, 6.07) is 0. The Hall–Kier alpha value is -1.06. The molecule has 0 aromatic carbocycles. The van der Waals surface area contributed by atoms with E-state index < -0.39 is 5.97 Å². The van der Waals surface area contributed by atoms with Gasteiger partial charge in [-0.1, -0.05) is 71.6 Å². The molecule has 1 atom stereocenters. The van der Waals surface area contributed by atoms with E-state index in [1.54, 1.807) is 0 Å². The van der Waals surface area contributed by atoms with Crippen molar-refractivity contribution < 1.29 is 19.4 Å². The van der Waals surface area contributed by atoms with Crippen LogP contribution in [-0.2, 0) is 14.3 Å². The second-order valence-corrected chi connectivity index (χ2v) is 8.35. The molecule has 4 nitrogen and oxygen atoms in total. The zero-order valence-corrected chi connectivity index (χ0v) is 17.7. The Kier molecular flexibility index (Phi) is 13.3. The zero-order valence-electron chi connectivity index (χ0n) is 17.7. The number of carboxylic acid groups (broad SMARTS) is 1. The molecule has 1 N–H and O–H groups in total. The molecule has 1 saturated carbocycles. The van der Waals surface area contributed by atoms with Crippen molar-refractivity contribution in [3.63, 3.8) is 0 Å². The van der Waals surface area contributed by atoms with E-state index in [1.165, 1.54) is 44.9 Å². The van der Waals surface area contributed by atoms with Crippen LogP contribution in [0.4, 0.5) is 0 Å². The first-order valence-corrected chi connectivity index (χ1v) is 11.5. The Bertz CT molecular complexity index is 399. The Morgan fingerprint density at radius 1 is 0.778 bits per heavy atom. The summed E-state index contributed by atoms with van der Waals surface area (Å²) >= 11 is 0. The smallest absolute Gasteiger partial charge is 0.309 e. The minimum absolute atomic E-state index is 0.0507. The lowest BCUT2D eigenvalue weighted by atomic mass is 9.82. The van der Waals surface area contributed by atoms with Crippen LogP contribution in [0.2, 0.25) is 0 Å². The van der Waals surface area contributed by atoms with E-state index in [2.05, 4.69) is 13.8 Å². The fraction of sp³-hybridized carbons (Fsp3) is 0.913. The molecular formula is C23H42O4. The van der Waals surface area contributed by atoms with E-state index in [0.717, 1.165) is 32.1 Å². The van der Waals surface area contributed by atoms with Crippen LogP contribution >= 0.6 is 0 Å². The summed E-state index contributed by atoms with van der Waals surface area (Å²) in [6.07, 6.45) is 17.1. The van der Waals surface area contributed by atoms with Crippen LogP contribution in [0.1, 0.15) is 117 Å². The minimum atomic E-state index is -0.725. The van der Waals surface area contributed by atoms with Crippen molar-refractivity contribution in [2.45, 2.75) is 123 Å². The summed E-state index contributed by atoms with van der Waals surface area (Å²) in [5, 5.41) is 9.09. The highest BCUT2D eigenvalue weighted by molar-refractivity contribution is 5.74. The third-order valence-corrected chi connectivity index (χ3v) is 5.95. The molecule has 1 fully saturated rings. The van der Waals surface area contributed by atoms with Crippen molar-refractivity contribution in [1.29, 1.82) is 0 Å². The lowest BCUT2D eigenvalue weighted by molar-refractivity contribution is -0.158. The molecule has 0 amide bonds. The van der Waals surface area contributed by atoms with Gasteiger partial charge in [-0.05, 0) is 44.9 Å². The number of unbranched alkanes of at least 4 members (excludes halogenated alkanes) is 8. The molecule has 0 aliphatic heterocycles. The normalized spacial score (nSPS) is 21.0. The molecule has 4 heteroatoms. The first-order valence-electron chi connectivity index (χ1n) is 11.5. The van der Waals surface area contributed by atoms with Gasteiger partial charge in [-0.2, -0.15) is 0 Å². The molecule has 0 aromatic rings. The quantitative estimate of drug-likeness (QED) is 0.259. The predicted octanol–water partition coefficient (Wildman–Crippen LogP) is 6.51. The predicted molar refractivity (Wildman–Crippen MR) is 110 cm³/mol. The number of rotatable bonds is 15. The van der Waals surface area contributed by atoms with E-state index in [4.69, 9.17) is 9.84 Å². The maximum absolute atomic E-state index is 12.5. The van der Waals surface area contributed by atoms with Crippen LogP contribution < -0.4 is 0 Å². The summed E-state index contributed by atoms with van der Waals surface area (Å²) in [5.41, 5.74) is 0.